The van der Waals surface area contributed by atoms with E-state index in [2.05, 4.69) is 10.1 Å². The van der Waals surface area contributed by atoms with Gasteiger partial charge in [0, 0.05) is 17.1 Å². The first-order chi connectivity index (χ1) is 9.16. The average molecular weight is 255 g/mol. The van der Waals surface area contributed by atoms with Crippen LogP contribution in [0.5, 0.6) is 0 Å². The zero-order valence-corrected chi connectivity index (χ0v) is 10.2. The number of ketones is 1. The van der Waals surface area contributed by atoms with Gasteiger partial charge in [0.1, 0.15) is 5.82 Å². The van der Waals surface area contributed by atoms with Crippen molar-refractivity contribution in [3.63, 3.8) is 0 Å². The van der Waals surface area contributed by atoms with E-state index in [9.17, 15) is 9.18 Å². The van der Waals surface area contributed by atoms with Crippen LogP contribution in [0.3, 0.4) is 0 Å². The van der Waals surface area contributed by atoms with Crippen molar-refractivity contribution >= 4 is 16.7 Å². The SMILES string of the molecule is CC(=O)c1cncc2c1cnn2-c1ccc(F)cc1. The number of benzene rings is 1. The van der Waals surface area contributed by atoms with E-state index in [1.165, 1.54) is 25.3 Å². The summed E-state index contributed by atoms with van der Waals surface area (Å²) >= 11 is 0. The number of hydrogen-bond acceptors (Lipinski definition) is 3. The van der Waals surface area contributed by atoms with Gasteiger partial charge in [0.05, 0.1) is 23.6 Å². The molecule has 0 radical (unpaired) electrons. The van der Waals surface area contributed by atoms with Gasteiger partial charge in [-0.15, -0.1) is 0 Å². The number of hydrogen-bond donors (Lipinski definition) is 0. The van der Waals surface area contributed by atoms with E-state index in [0.29, 0.717) is 5.56 Å². The lowest BCUT2D eigenvalue weighted by Gasteiger charge is -2.03. The molecule has 3 aromatic rings. The lowest BCUT2D eigenvalue weighted by atomic mass is 10.1. The molecule has 0 aliphatic heterocycles. The number of rotatable bonds is 2. The highest BCUT2D eigenvalue weighted by Crippen LogP contribution is 2.21. The third kappa shape index (κ3) is 1.89. The molecule has 3 rings (SSSR count). The molecule has 2 aromatic heterocycles. The van der Waals surface area contributed by atoms with Crippen LogP contribution in [-0.4, -0.2) is 20.5 Å². The second kappa shape index (κ2) is 4.28. The summed E-state index contributed by atoms with van der Waals surface area (Å²) in [4.78, 5) is 15.6. The van der Waals surface area contributed by atoms with Crippen molar-refractivity contribution in [1.82, 2.24) is 14.8 Å². The average Bonchev–Trinajstić information content (AvgIpc) is 2.83. The summed E-state index contributed by atoms with van der Waals surface area (Å²) in [5.41, 5.74) is 1.98. The smallest absolute Gasteiger partial charge is 0.162 e. The van der Waals surface area contributed by atoms with Crippen molar-refractivity contribution in [1.29, 1.82) is 0 Å². The largest absolute Gasteiger partial charge is 0.294 e. The highest BCUT2D eigenvalue weighted by Gasteiger charge is 2.11. The number of carbonyl (C=O) groups excluding carboxylic acids is 1. The molecule has 0 amide bonds. The first kappa shape index (κ1) is 11.5. The van der Waals surface area contributed by atoms with Crippen molar-refractivity contribution in [3.05, 3.63) is 54.2 Å². The van der Waals surface area contributed by atoms with E-state index in [0.717, 1.165) is 16.6 Å². The molecule has 0 aliphatic rings. The molecular formula is C14H10FN3O. The van der Waals surface area contributed by atoms with E-state index in [1.807, 2.05) is 0 Å². The van der Waals surface area contributed by atoms with Crippen molar-refractivity contribution in [3.8, 4) is 5.69 Å². The summed E-state index contributed by atoms with van der Waals surface area (Å²) in [7, 11) is 0. The predicted octanol–water partition coefficient (Wildman–Crippen LogP) is 2.76. The third-order valence-corrected chi connectivity index (χ3v) is 2.95. The Balaban J connectivity index is 2.24. The van der Waals surface area contributed by atoms with E-state index >= 15 is 0 Å². The monoisotopic (exact) mass is 255 g/mol. The van der Waals surface area contributed by atoms with Crippen LogP contribution < -0.4 is 0 Å². The van der Waals surface area contributed by atoms with Gasteiger partial charge in [-0.1, -0.05) is 0 Å². The van der Waals surface area contributed by atoms with Crippen molar-refractivity contribution in [2.75, 3.05) is 0 Å². The van der Waals surface area contributed by atoms with Crippen molar-refractivity contribution in [2.45, 2.75) is 6.92 Å². The number of aromatic nitrogens is 3. The zero-order valence-electron chi connectivity index (χ0n) is 10.2. The van der Waals surface area contributed by atoms with Gasteiger partial charge in [-0.05, 0) is 31.2 Å². The minimum atomic E-state index is -0.303. The quantitative estimate of drug-likeness (QED) is 0.661. The molecule has 0 saturated carbocycles. The number of carbonyl (C=O) groups is 1. The van der Waals surface area contributed by atoms with Crippen molar-refractivity contribution in [2.24, 2.45) is 0 Å². The first-order valence-corrected chi connectivity index (χ1v) is 5.75. The van der Waals surface area contributed by atoms with Crippen LogP contribution in [0.2, 0.25) is 0 Å². The molecule has 2 heterocycles. The van der Waals surface area contributed by atoms with Gasteiger partial charge in [0.25, 0.3) is 0 Å². The number of nitrogens with zero attached hydrogens (tertiary/aromatic N) is 3. The predicted molar refractivity (Wildman–Crippen MR) is 68.8 cm³/mol. The second-order valence-corrected chi connectivity index (χ2v) is 4.21. The zero-order chi connectivity index (χ0) is 13.4. The maximum atomic E-state index is 12.9. The Hall–Kier alpha value is -2.56. The highest BCUT2D eigenvalue weighted by atomic mass is 19.1. The molecule has 0 spiro atoms. The van der Waals surface area contributed by atoms with E-state index < -0.39 is 0 Å². The Morgan fingerprint density at radius 3 is 2.58 bits per heavy atom. The second-order valence-electron chi connectivity index (χ2n) is 4.21. The molecule has 1 aromatic carbocycles. The molecule has 19 heavy (non-hydrogen) atoms. The van der Waals surface area contributed by atoms with Gasteiger partial charge in [-0.25, -0.2) is 9.07 Å². The van der Waals surface area contributed by atoms with Crippen LogP contribution in [0.15, 0.2) is 42.9 Å². The molecule has 0 unspecified atom stereocenters. The standard InChI is InChI=1S/C14H10FN3O/c1-9(19)12-6-16-8-14-13(12)7-17-18(14)11-4-2-10(15)3-5-11/h2-8H,1H3. The van der Waals surface area contributed by atoms with Gasteiger partial charge in [-0.3, -0.25) is 9.78 Å². The first-order valence-electron chi connectivity index (χ1n) is 5.75. The number of halogens is 1. The number of fused-ring (bicyclic) bond motifs is 1. The summed E-state index contributed by atoms with van der Waals surface area (Å²) in [6.45, 7) is 1.49. The normalized spacial score (nSPS) is 10.8. The van der Waals surface area contributed by atoms with E-state index in [1.54, 1.807) is 29.2 Å². The maximum Gasteiger partial charge on any atom is 0.162 e. The van der Waals surface area contributed by atoms with Gasteiger partial charge >= 0.3 is 0 Å². The molecule has 0 bridgehead atoms. The van der Waals surface area contributed by atoms with Crippen LogP contribution in [0.1, 0.15) is 17.3 Å². The molecule has 0 saturated heterocycles. The summed E-state index contributed by atoms with van der Waals surface area (Å²) < 4.78 is 14.6. The molecule has 4 nitrogen and oxygen atoms in total. The Bertz CT molecular complexity index is 762. The Morgan fingerprint density at radius 2 is 1.89 bits per heavy atom. The van der Waals surface area contributed by atoms with Gasteiger partial charge < -0.3 is 0 Å². The van der Waals surface area contributed by atoms with Gasteiger partial charge in [0.2, 0.25) is 0 Å². The van der Waals surface area contributed by atoms with Crippen LogP contribution in [0.25, 0.3) is 16.6 Å². The van der Waals surface area contributed by atoms with Gasteiger partial charge in [-0.2, -0.15) is 5.10 Å². The third-order valence-electron chi connectivity index (χ3n) is 2.95. The summed E-state index contributed by atoms with van der Waals surface area (Å²) in [6.07, 6.45) is 4.79. The van der Waals surface area contributed by atoms with Crippen molar-refractivity contribution < 1.29 is 9.18 Å². The Morgan fingerprint density at radius 1 is 1.16 bits per heavy atom. The number of Topliss-reactive ketones (excluding diaryl/α,β-unsaturated/α-hetero) is 1. The molecule has 94 valence electrons. The fraction of sp³-hybridized carbons (Fsp3) is 0.0714. The molecule has 0 N–H and O–H groups in total. The van der Waals surface area contributed by atoms with E-state index in [-0.39, 0.29) is 11.6 Å². The minimum Gasteiger partial charge on any atom is -0.294 e. The maximum absolute atomic E-state index is 12.9. The van der Waals surface area contributed by atoms with Crippen LogP contribution in [-0.2, 0) is 0 Å². The van der Waals surface area contributed by atoms with Crippen LogP contribution >= 0.6 is 0 Å². The lowest BCUT2D eigenvalue weighted by Crippen LogP contribution is -1.98. The minimum absolute atomic E-state index is 0.0586. The highest BCUT2D eigenvalue weighted by molar-refractivity contribution is 6.05. The summed E-state index contributed by atoms with van der Waals surface area (Å²) in [5, 5.41) is 4.98. The fourth-order valence-electron chi connectivity index (χ4n) is 2.01. The lowest BCUT2D eigenvalue weighted by molar-refractivity contribution is 0.101. The molecular weight excluding hydrogens is 245 g/mol. The van der Waals surface area contributed by atoms with Crippen LogP contribution in [0, 0.1) is 5.82 Å². The molecule has 0 fully saturated rings. The fourth-order valence-corrected chi connectivity index (χ4v) is 2.01. The van der Waals surface area contributed by atoms with Crippen LogP contribution in [0.4, 0.5) is 4.39 Å². The summed E-state index contributed by atoms with van der Waals surface area (Å²) in [5.74, 6) is -0.362. The molecule has 0 atom stereocenters. The topological polar surface area (TPSA) is 47.8 Å². The molecule has 5 heteroatoms. The van der Waals surface area contributed by atoms with Gasteiger partial charge in [0.15, 0.2) is 5.78 Å². The summed E-state index contributed by atoms with van der Waals surface area (Å²) in [6, 6.07) is 5.99. The number of pyridine rings is 1. The van der Waals surface area contributed by atoms with E-state index in [4.69, 9.17) is 0 Å². The Kier molecular flexibility index (Phi) is 2.59. The molecule has 0 aliphatic carbocycles. The Labute approximate surface area is 108 Å².